The van der Waals surface area contributed by atoms with Crippen LogP contribution in [0.1, 0.15) is 101 Å². The quantitative estimate of drug-likeness (QED) is 0.112. The molecular formula is C40H34N2O4. The average molecular weight is 607 g/mol. The molecule has 2 aliphatic rings. The molecule has 228 valence electrons. The second kappa shape index (κ2) is 9.00. The van der Waals surface area contributed by atoms with Gasteiger partial charge in [-0.3, -0.25) is 24.1 Å². The zero-order chi connectivity index (χ0) is 32.6. The van der Waals surface area contributed by atoms with Gasteiger partial charge in [0.05, 0.1) is 5.69 Å². The van der Waals surface area contributed by atoms with E-state index in [-0.39, 0.29) is 34.5 Å². The van der Waals surface area contributed by atoms with Crippen LogP contribution < -0.4 is 4.90 Å². The number of fused-ring (bicyclic) bond motifs is 2. The van der Waals surface area contributed by atoms with Crippen molar-refractivity contribution < 1.29 is 19.2 Å². The van der Waals surface area contributed by atoms with Gasteiger partial charge in [-0.25, -0.2) is 4.90 Å². The van der Waals surface area contributed by atoms with Crippen molar-refractivity contribution in [2.24, 2.45) is 0 Å². The van der Waals surface area contributed by atoms with Crippen LogP contribution in [0.4, 0.5) is 5.69 Å². The van der Waals surface area contributed by atoms with Gasteiger partial charge in [-0.15, -0.1) is 0 Å². The molecule has 8 rings (SSSR count). The lowest BCUT2D eigenvalue weighted by molar-refractivity contribution is 0.0618. The minimum absolute atomic E-state index is 0.176. The lowest BCUT2D eigenvalue weighted by atomic mass is 9.79. The molecule has 6 heteroatoms. The van der Waals surface area contributed by atoms with Gasteiger partial charge < -0.3 is 0 Å². The van der Waals surface area contributed by atoms with Gasteiger partial charge in [-0.05, 0) is 91.5 Å². The summed E-state index contributed by atoms with van der Waals surface area (Å²) in [6, 6.07) is 21.2. The molecule has 0 aromatic heterocycles. The summed E-state index contributed by atoms with van der Waals surface area (Å²) in [7, 11) is 0. The zero-order valence-electron chi connectivity index (χ0n) is 27.1. The Morgan fingerprint density at radius 1 is 0.500 bits per heavy atom. The Kier molecular flexibility index (Phi) is 5.55. The van der Waals surface area contributed by atoms with Crippen molar-refractivity contribution in [1.29, 1.82) is 0 Å². The van der Waals surface area contributed by atoms with Crippen molar-refractivity contribution in [3.05, 3.63) is 100 Å². The summed E-state index contributed by atoms with van der Waals surface area (Å²) >= 11 is 0. The maximum atomic E-state index is 14.5. The largest absolute Gasteiger partial charge is 0.275 e. The van der Waals surface area contributed by atoms with Gasteiger partial charge in [-0.1, -0.05) is 77.9 Å². The van der Waals surface area contributed by atoms with Crippen molar-refractivity contribution >= 4 is 72.4 Å². The highest BCUT2D eigenvalue weighted by Gasteiger charge is 2.39. The first-order valence-electron chi connectivity index (χ1n) is 15.8. The Balaban J connectivity index is 1.42. The highest BCUT2D eigenvalue weighted by atomic mass is 16.2. The number of hydrogen-bond donors (Lipinski definition) is 0. The molecule has 6 nitrogen and oxygen atoms in total. The Morgan fingerprint density at radius 3 is 1.28 bits per heavy atom. The van der Waals surface area contributed by atoms with Crippen LogP contribution in [-0.2, 0) is 10.8 Å². The van der Waals surface area contributed by atoms with Crippen LogP contribution in [0.3, 0.4) is 0 Å². The fourth-order valence-electron chi connectivity index (χ4n) is 7.64. The van der Waals surface area contributed by atoms with Crippen molar-refractivity contribution in [3.8, 4) is 0 Å². The van der Waals surface area contributed by atoms with E-state index in [1.54, 1.807) is 19.1 Å². The van der Waals surface area contributed by atoms with Gasteiger partial charge in [0, 0.05) is 39.6 Å². The number of hydrogen-bond acceptors (Lipinski definition) is 4. The molecule has 0 atom stereocenters. The van der Waals surface area contributed by atoms with Crippen LogP contribution in [0.25, 0.3) is 43.1 Å². The maximum Gasteiger partial charge on any atom is 0.265 e. The number of carbonyl (C=O) groups excluding carboxylic acids is 4. The molecular weight excluding hydrogens is 572 g/mol. The van der Waals surface area contributed by atoms with Gasteiger partial charge >= 0.3 is 0 Å². The van der Waals surface area contributed by atoms with E-state index in [2.05, 4.69) is 53.7 Å². The zero-order valence-corrected chi connectivity index (χ0v) is 27.1. The standard InChI is InChI=1S/C40H34N2O4/c1-8-41-35(43)25-14-10-21-23-12-16-27-34-28(17-13-24(32(23)34)22-11-15-26(36(41)44)33(25)31(21)22)38(46)42(37(27)45)30-19-20(39(2,3)4)9-18-29(30)40(5,6)7/h9-19H,8H2,1-7H3. The summed E-state index contributed by atoms with van der Waals surface area (Å²) in [5.74, 6) is -1.27. The molecule has 0 aliphatic carbocycles. The third-order valence-corrected chi connectivity index (χ3v) is 9.95. The predicted octanol–water partition coefficient (Wildman–Crippen LogP) is 8.75. The molecule has 6 aromatic carbocycles. The van der Waals surface area contributed by atoms with Gasteiger partial charge in [-0.2, -0.15) is 0 Å². The third-order valence-electron chi connectivity index (χ3n) is 9.95. The van der Waals surface area contributed by atoms with Crippen LogP contribution in [0.5, 0.6) is 0 Å². The first-order valence-corrected chi connectivity index (χ1v) is 15.8. The maximum absolute atomic E-state index is 14.5. The number of carbonyl (C=O) groups is 4. The fourth-order valence-corrected chi connectivity index (χ4v) is 7.64. The smallest absolute Gasteiger partial charge is 0.265 e. The van der Waals surface area contributed by atoms with Crippen molar-refractivity contribution in [2.45, 2.75) is 59.3 Å². The molecule has 0 unspecified atom stereocenters. The number of anilines is 1. The van der Waals surface area contributed by atoms with E-state index in [9.17, 15) is 19.2 Å². The van der Waals surface area contributed by atoms with Crippen molar-refractivity contribution in [2.75, 3.05) is 11.4 Å². The first-order chi connectivity index (χ1) is 21.7. The number of nitrogens with zero attached hydrogens (tertiary/aromatic N) is 2. The molecule has 0 radical (unpaired) electrons. The molecule has 0 spiro atoms. The minimum Gasteiger partial charge on any atom is -0.275 e. The van der Waals surface area contributed by atoms with Gasteiger partial charge in [0.25, 0.3) is 23.6 Å². The van der Waals surface area contributed by atoms with E-state index in [0.29, 0.717) is 45.3 Å². The SMILES string of the molecule is CCN1C(=O)c2ccc3c4ccc5c6c(ccc(c7ccc(c2c37)C1=O)c64)C(=O)N(c1cc(C(C)(C)C)ccc1C(C)(C)C)C5=O. The minimum atomic E-state index is -0.343. The van der Waals surface area contributed by atoms with Crippen LogP contribution >= 0.6 is 0 Å². The molecule has 2 aliphatic heterocycles. The van der Waals surface area contributed by atoms with E-state index in [1.807, 2.05) is 42.5 Å². The van der Waals surface area contributed by atoms with Gasteiger partial charge in [0.1, 0.15) is 0 Å². The summed E-state index contributed by atoms with van der Waals surface area (Å²) in [6.07, 6.45) is 0. The van der Waals surface area contributed by atoms with E-state index in [4.69, 9.17) is 0 Å². The van der Waals surface area contributed by atoms with Crippen LogP contribution in [0.2, 0.25) is 0 Å². The summed E-state index contributed by atoms with van der Waals surface area (Å²) in [5.41, 5.74) is 4.09. The molecule has 46 heavy (non-hydrogen) atoms. The van der Waals surface area contributed by atoms with E-state index in [1.165, 1.54) is 9.80 Å². The molecule has 0 N–H and O–H groups in total. The molecule has 0 saturated carbocycles. The monoisotopic (exact) mass is 606 g/mol. The van der Waals surface area contributed by atoms with E-state index >= 15 is 0 Å². The van der Waals surface area contributed by atoms with Gasteiger partial charge in [0.2, 0.25) is 0 Å². The molecule has 2 heterocycles. The average Bonchev–Trinajstić information content (AvgIpc) is 3.01. The van der Waals surface area contributed by atoms with Crippen LogP contribution in [0.15, 0.2) is 66.7 Å². The number of rotatable bonds is 2. The number of amides is 4. The second-order valence-electron chi connectivity index (χ2n) is 14.7. The topological polar surface area (TPSA) is 74.8 Å². The number of benzene rings is 6. The highest BCUT2D eigenvalue weighted by molar-refractivity contribution is 6.43. The third kappa shape index (κ3) is 3.53. The summed E-state index contributed by atoms with van der Waals surface area (Å²) in [5, 5.41) is 6.53. The van der Waals surface area contributed by atoms with Crippen molar-refractivity contribution in [3.63, 3.8) is 0 Å². The molecule has 0 bridgehead atoms. The summed E-state index contributed by atoms with van der Waals surface area (Å²) in [6.45, 7) is 14.7. The Bertz CT molecular complexity index is 2280. The number of imide groups is 2. The Labute approximate surface area is 266 Å². The Hall–Kier alpha value is -5.10. The van der Waals surface area contributed by atoms with Crippen LogP contribution in [0, 0.1) is 0 Å². The summed E-state index contributed by atoms with van der Waals surface area (Å²) in [4.78, 5) is 58.4. The highest BCUT2D eigenvalue weighted by Crippen LogP contribution is 2.47. The molecule has 0 fully saturated rings. The first kappa shape index (κ1) is 28.4. The second-order valence-corrected chi connectivity index (χ2v) is 14.7. The fraction of sp³-hybridized carbons (Fsp3) is 0.250. The van der Waals surface area contributed by atoms with Crippen molar-refractivity contribution in [1.82, 2.24) is 4.90 Å². The Morgan fingerprint density at radius 2 is 0.913 bits per heavy atom. The van der Waals surface area contributed by atoms with E-state index in [0.717, 1.165) is 43.4 Å². The van der Waals surface area contributed by atoms with Crippen LogP contribution in [-0.4, -0.2) is 35.1 Å². The van der Waals surface area contributed by atoms with Gasteiger partial charge in [0.15, 0.2) is 0 Å². The van der Waals surface area contributed by atoms with E-state index < -0.39 is 0 Å². The molecule has 4 amide bonds. The predicted molar refractivity (Wildman–Crippen MR) is 184 cm³/mol. The lowest BCUT2D eigenvalue weighted by Gasteiger charge is -2.34. The molecule has 6 aromatic rings. The lowest BCUT2D eigenvalue weighted by Crippen LogP contribution is -2.42. The summed E-state index contributed by atoms with van der Waals surface area (Å²) < 4.78 is 0. The molecule has 0 saturated heterocycles. The normalized spacial score (nSPS) is 15.5.